The molecule has 0 saturated heterocycles. The molecule has 1 aromatic heterocycles. The van der Waals surface area contributed by atoms with Crippen LogP contribution in [0.1, 0.15) is 17.0 Å². The Labute approximate surface area is 113 Å². The summed E-state index contributed by atoms with van der Waals surface area (Å²) in [6.07, 6.45) is 1.67. The van der Waals surface area contributed by atoms with Crippen LogP contribution in [0.5, 0.6) is 0 Å². The smallest absolute Gasteiger partial charge is 0.240 e. The van der Waals surface area contributed by atoms with Crippen LogP contribution in [0.25, 0.3) is 11.0 Å². The van der Waals surface area contributed by atoms with E-state index in [0.29, 0.717) is 13.1 Å². The molecule has 0 atom stereocenters. The molecule has 19 heavy (non-hydrogen) atoms. The Morgan fingerprint density at radius 2 is 2.05 bits per heavy atom. The molecule has 2 aromatic rings. The molecule has 0 bridgehead atoms. The Balaban J connectivity index is 2.37. The highest BCUT2D eigenvalue weighted by Gasteiger charge is 2.11. The molecule has 0 aliphatic heterocycles. The molecule has 2 rings (SSSR count). The summed E-state index contributed by atoms with van der Waals surface area (Å²) in [6.45, 7) is 10.4. The molecule has 0 aliphatic carbocycles. The van der Waals surface area contributed by atoms with Crippen LogP contribution in [0.3, 0.4) is 0 Å². The molecule has 0 unspecified atom stereocenters. The zero-order valence-electron chi connectivity index (χ0n) is 11.7. The molecule has 0 fully saturated rings. The number of nitrogens with one attached hydrogen (secondary N) is 1. The molecule has 0 aliphatic rings. The summed E-state index contributed by atoms with van der Waals surface area (Å²) in [7, 11) is 0. The summed E-state index contributed by atoms with van der Waals surface area (Å²) >= 11 is 0. The van der Waals surface area contributed by atoms with Crippen LogP contribution in [0.2, 0.25) is 0 Å². The topological polar surface area (TPSA) is 46.9 Å². The van der Waals surface area contributed by atoms with E-state index in [4.69, 9.17) is 0 Å². The molecule has 4 heteroatoms. The predicted octanol–water partition coefficient (Wildman–Crippen LogP) is 2.26. The molecular formula is C15H19N3O. The van der Waals surface area contributed by atoms with E-state index in [1.165, 1.54) is 11.1 Å². The lowest BCUT2D eigenvalue weighted by Gasteiger charge is -2.08. The minimum Gasteiger partial charge on any atom is -0.351 e. The molecular weight excluding hydrogens is 238 g/mol. The maximum Gasteiger partial charge on any atom is 0.240 e. The lowest BCUT2D eigenvalue weighted by molar-refractivity contribution is -0.121. The number of imidazole rings is 1. The number of carbonyl (C=O) groups excluding carboxylic acids is 1. The molecule has 4 nitrogen and oxygen atoms in total. The number of nitrogens with zero attached hydrogens (tertiary/aromatic N) is 2. The molecule has 0 radical (unpaired) electrons. The second-order valence-electron chi connectivity index (χ2n) is 4.76. The predicted molar refractivity (Wildman–Crippen MR) is 77.2 cm³/mol. The molecule has 1 heterocycles. The van der Waals surface area contributed by atoms with Crippen LogP contribution in [-0.2, 0) is 11.3 Å². The number of fused-ring (bicyclic) bond motifs is 1. The molecule has 100 valence electrons. The summed E-state index contributed by atoms with van der Waals surface area (Å²) in [6, 6.07) is 4.15. The number of aryl methyl sites for hydroxylation is 3. The Kier molecular flexibility index (Phi) is 3.69. The molecule has 0 spiro atoms. The van der Waals surface area contributed by atoms with E-state index < -0.39 is 0 Å². The van der Waals surface area contributed by atoms with Crippen LogP contribution in [0.4, 0.5) is 0 Å². The molecule has 1 amide bonds. The number of hydrogen-bond acceptors (Lipinski definition) is 2. The van der Waals surface area contributed by atoms with Crippen LogP contribution >= 0.6 is 0 Å². The van der Waals surface area contributed by atoms with Gasteiger partial charge in [-0.15, -0.1) is 6.58 Å². The minimum atomic E-state index is -0.0273. The molecule has 1 aromatic carbocycles. The number of aromatic nitrogens is 2. The van der Waals surface area contributed by atoms with E-state index in [1.807, 2.05) is 11.5 Å². The Hall–Kier alpha value is -2.10. The molecule has 0 saturated carbocycles. The normalized spacial score (nSPS) is 10.7. The Morgan fingerprint density at radius 3 is 2.74 bits per heavy atom. The maximum absolute atomic E-state index is 11.8. The second kappa shape index (κ2) is 5.26. The van der Waals surface area contributed by atoms with Gasteiger partial charge in [-0.1, -0.05) is 6.08 Å². The Bertz CT molecular complexity index is 640. The van der Waals surface area contributed by atoms with Crippen molar-refractivity contribution in [2.24, 2.45) is 0 Å². The lowest BCUT2D eigenvalue weighted by atomic mass is 10.1. The third-order valence-electron chi connectivity index (χ3n) is 3.30. The van der Waals surface area contributed by atoms with E-state index in [2.05, 4.69) is 42.9 Å². The third kappa shape index (κ3) is 2.67. The van der Waals surface area contributed by atoms with Gasteiger partial charge in [0.1, 0.15) is 12.4 Å². The summed E-state index contributed by atoms with van der Waals surface area (Å²) < 4.78 is 1.94. The summed E-state index contributed by atoms with van der Waals surface area (Å²) in [5.41, 5.74) is 4.37. The number of carbonyl (C=O) groups is 1. The fraction of sp³-hybridized carbons (Fsp3) is 0.333. The highest BCUT2D eigenvalue weighted by Crippen LogP contribution is 2.20. The van der Waals surface area contributed by atoms with Crippen molar-refractivity contribution in [2.45, 2.75) is 27.3 Å². The van der Waals surface area contributed by atoms with E-state index in [9.17, 15) is 4.79 Å². The van der Waals surface area contributed by atoms with Crippen LogP contribution in [0, 0.1) is 20.8 Å². The quantitative estimate of drug-likeness (QED) is 0.854. The average molecular weight is 257 g/mol. The number of hydrogen-bond donors (Lipinski definition) is 1. The summed E-state index contributed by atoms with van der Waals surface area (Å²) in [4.78, 5) is 16.3. The fourth-order valence-electron chi connectivity index (χ4n) is 2.09. The van der Waals surface area contributed by atoms with Gasteiger partial charge in [-0.05, 0) is 44.0 Å². The zero-order valence-corrected chi connectivity index (χ0v) is 11.7. The van der Waals surface area contributed by atoms with Crippen molar-refractivity contribution in [2.75, 3.05) is 6.54 Å². The van der Waals surface area contributed by atoms with Gasteiger partial charge in [0.15, 0.2) is 0 Å². The highest BCUT2D eigenvalue weighted by molar-refractivity contribution is 5.82. The van der Waals surface area contributed by atoms with E-state index in [0.717, 1.165) is 16.9 Å². The van der Waals surface area contributed by atoms with E-state index >= 15 is 0 Å². The standard InChI is InChI=1S/C15H19N3O/c1-5-6-16-15(19)9-18-12(4)17-13-7-10(2)11(3)8-14(13)18/h5,7-8H,1,6,9H2,2-4H3,(H,16,19). The van der Waals surface area contributed by atoms with Crippen molar-refractivity contribution in [3.63, 3.8) is 0 Å². The first-order valence-corrected chi connectivity index (χ1v) is 6.34. The first kappa shape index (κ1) is 13.3. The van der Waals surface area contributed by atoms with Crippen molar-refractivity contribution in [3.8, 4) is 0 Å². The SMILES string of the molecule is C=CCNC(=O)Cn1c(C)nc2cc(C)c(C)cc21. The highest BCUT2D eigenvalue weighted by atomic mass is 16.1. The van der Waals surface area contributed by atoms with Crippen LogP contribution in [0.15, 0.2) is 24.8 Å². The second-order valence-corrected chi connectivity index (χ2v) is 4.76. The van der Waals surface area contributed by atoms with Gasteiger partial charge in [0.25, 0.3) is 0 Å². The van der Waals surface area contributed by atoms with Gasteiger partial charge >= 0.3 is 0 Å². The van der Waals surface area contributed by atoms with Gasteiger partial charge < -0.3 is 9.88 Å². The summed E-state index contributed by atoms with van der Waals surface area (Å²) in [5.74, 6) is 0.828. The van der Waals surface area contributed by atoms with Gasteiger partial charge in [-0.3, -0.25) is 4.79 Å². The first-order valence-electron chi connectivity index (χ1n) is 6.34. The van der Waals surface area contributed by atoms with Gasteiger partial charge in [0.05, 0.1) is 11.0 Å². The van der Waals surface area contributed by atoms with Gasteiger partial charge in [-0.2, -0.15) is 0 Å². The monoisotopic (exact) mass is 257 g/mol. The van der Waals surface area contributed by atoms with E-state index in [1.54, 1.807) is 6.08 Å². The largest absolute Gasteiger partial charge is 0.351 e. The fourth-order valence-corrected chi connectivity index (χ4v) is 2.09. The lowest BCUT2D eigenvalue weighted by Crippen LogP contribution is -2.27. The average Bonchev–Trinajstić information content (AvgIpc) is 2.64. The van der Waals surface area contributed by atoms with Gasteiger partial charge in [-0.25, -0.2) is 4.98 Å². The van der Waals surface area contributed by atoms with Crippen molar-refractivity contribution >= 4 is 16.9 Å². The van der Waals surface area contributed by atoms with Crippen molar-refractivity contribution in [1.29, 1.82) is 0 Å². The molecule has 1 N–H and O–H groups in total. The van der Waals surface area contributed by atoms with Crippen LogP contribution in [-0.4, -0.2) is 22.0 Å². The van der Waals surface area contributed by atoms with Crippen molar-refractivity contribution in [1.82, 2.24) is 14.9 Å². The zero-order chi connectivity index (χ0) is 14.0. The third-order valence-corrected chi connectivity index (χ3v) is 3.30. The van der Waals surface area contributed by atoms with Crippen molar-refractivity contribution < 1.29 is 4.79 Å². The van der Waals surface area contributed by atoms with Gasteiger partial charge in [0.2, 0.25) is 5.91 Å². The van der Waals surface area contributed by atoms with Crippen molar-refractivity contribution in [3.05, 3.63) is 41.7 Å². The first-order chi connectivity index (χ1) is 9.02. The Morgan fingerprint density at radius 1 is 1.37 bits per heavy atom. The summed E-state index contributed by atoms with van der Waals surface area (Å²) in [5, 5.41) is 2.78. The van der Waals surface area contributed by atoms with Crippen LogP contribution < -0.4 is 5.32 Å². The number of amides is 1. The number of benzene rings is 1. The van der Waals surface area contributed by atoms with E-state index in [-0.39, 0.29) is 5.91 Å². The maximum atomic E-state index is 11.8. The minimum absolute atomic E-state index is 0.0273. The van der Waals surface area contributed by atoms with Gasteiger partial charge in [0, 0.05) is 6.54 Å². The number of rotatable bonds is 4.